The Balaban J connectivity index is 1.61. The Morgan fingerprint density at radius 3 is 2.48 bits per heavy atom. The van der Waals surface area contributed by atoms with Crippen LogP contribution in [-0.4, -0.2) is 41.0 Å². The normalized spacial score (nSPS) is 18.5. The molecule has 6 heteroatoms. The van der Waals surface area contributed by atoms with Crippen molar-refractivity contribution in [1.29, 1.82) is 0 Å². The third kappa shape index (κ3) is 4.20. The number of halogens is 1. The monoisotopic (exact) mass is 409 g/mol. The molecule has 2 aliphatic rings. The Kier molecular flexibility index (Phi) is 5.41. The van der Waals surface area contributed by atoms with Crippen molar-refractivity contribution in [3.05, 3.63) is 70.2 Å². The highest BCUT2D eigenvalue weighted by molar-refractivity contribution is 6.34. The quantitative estimate of drug-likeness (QED) is 0.743. The van der Waals surface area contributed by atoms with Crippen LogP contribution in [-0.2, 0) is 9.59 Å². The predicted octanol–water partition coefficient (Wildman–Crippen LogP) is 4.19. The fourth-order valence-electron chi connectivity index (χ4n) is 3.64. The van der Waals surface area contributed by atoms with Gasteiger partial charge in [0.25, 0.3) is 5.91 Å². The first-order chi connectivity index (χ1) is 13.9. The summed E-state index contributed by atoms with van der Waals surface area (Å²) < 4.78 is 0. The summed E-state index contributed by atoms with van der Waals surface area (Å²) in [4.78, 5) is 26.9. The first kappa shape index (κ1) is 19.6. The number of hydrogen-bond donors (Lipinski definition) is 0. The van der Waals surface area contributed by atoms with E-state index < -0.39 is 0 Å². The van der Waals surface area contributed by atoms with Gasteiger partial charge in [0.1, 0.15) is 6.54 Å². The molecule has 0 N–H and O–H groups in total. The molecule has 0 spiro atoms. The molecule has 4 rings (SSSR count). The van der Waals surface area contributed by atoms with Gasteiger partial charge in [0.15, 0.2) is 0 Å². The summed E-state index contributed by atoms with van der Waals surface area (Å²) in [5, 5.41) is 6.79. The summed E-state index contributed by atoms with van der Waals surface area (Å²) >= 11 is 6.38. The summed E-state index contributed by atoms with van der Waals surface area (Å²) in [6.07, 6.45) is 2.42. The van der Waals surface area contributed by atoms with E-state index in [4.69, 9.17) is 11.6 Å². The highest BCUT2D eigenvalue weighted by Crippen LogP contribution is 2.35. The predicted molar refractivity (Wildman–Crippen MR) is 114 cm³/mol. The van der Waals surface area contributed by atoms with Crippen molar-refractivity contribution >= 4 is 29.1 Å². The van der Waals surface area contributed by atoms with Gasteiger partial charge in [-0.1, -0.05) is 59.6 Å². The van der Waals surface area contributed by atoms with E-state index in [0.29, 0.717) is 11.4 Å². The molecular weight excluding hydrogens is 386 g/mol. The van der Waals surface area contributed by atoms with Crippen molar-refractivity contribution < 1.29 is 9.59 Å². The number of likely N-dealkylation sites (N-methyl/N-ethyl adjacent to an activating group) is 1. The second-order valence-corrected chi connectivity index (χ2v) is 8.27. The van der Waals surface area contributed by atoms with E-state index in [2.05, 4.69) is 5.10 Å². The lowest BCUT2D eigenvalue weighted by Gasteiger charge is -2.25. The van der Waals surface area contributed by atoms with Crippen LogP contribution in [0.4, 0.5) is 0 Å². The third-order valence-corrected chi connectivity index (χ3v) is 5.82. The molecule has 0 unspecified atom stereocenters. The zero-order valence-corrected chi connectivity index (χ0v) is 17.4. The molecule has 29 heavy (non-hydrogen) atoms. The molecule has 1 atom stereocenters. The third-order valence-electron chi connectivity index (χ3n) is 5.49. The number of rotatable bonds is 5. The highest BCUT2D eigenvalue weighted by atomic mass is 35.5. The van der Waals surface area contributed by atoms with Gasteiger partial charge >= 0.3 is 0 Å². The number of carbonyl (C=O) groups is 2. The molecule has 2 amide bonds. The van der Waals surface area contributed by atoms with Gasteiger partial charge in [0, 0.05) is 30.0 Å². The number of carbonyl (C=O) groups excluding carboxylic acids is 2. The maximum Gasteiger partial charge on any atom is 0.262 e. The van der Waals surface area contributed by atoms with E-state index in [-0.39, 0.29) is 30.3 Å². The average molecular weight is 410 g/mol. The molecule has 2 aromatic carbocycles. The number of benzene rings is 2. The minimum Gasteiger partial charge on any atom is -0.336 e. The molecular formula is C23H24ClN3O2. The second kappa shape index (κ2) is 7.99. The molecule has 0 radical (unpaired) electrons. The van der Waals surface area contributed by atoms with Gasteiger partial charge in [-0.15, -0.1) is 0 Å². The van der Waals surface area contributed by atoms with Crippen molar-refractivity contribution in [2.45, 2.75) is 32.2 Å². The van der Waals surface area contributed by atoms with Crippen molar-refractivity contribution in [3.63, 3.8) is 0 Å². The molecule has 1 fully saturated rings. The molecule has 0 bridgehead atoms. The lowest BCUT2D eigenvalue weighted by Crippen LogP contribution is -2.39. The zero-order chi connectivity index (χ0) is 20.5. The lowest BCUT2D eigenvalue weighted by atomic mass is 9.97. The molecule has 1 aliphatic carbocycles. The van der Waals surface area contributed by atoms with Crippen molar-refractivity contribution in [2.24, 2.45) is 11.0 Å². The number of hydrogen-bond acceptors (Lipinski definition) is 3. The summed E-state index contributed by atoms with van der Waals surface area (Å²) in [6.45, 7) is 2.06. The first-order valence-corrected chi connectivity index (χ1v) is 10.3. The SMILES string of the molecule is Cc1ccc([C@H]2CC(c3ccccc3Cl)=NN2C(=O)CN(C)C(=O)C2CC2)cc1. The Morgan fingerprint density at radius 2 is 1.83 bits per heavy atom. The van der Waals surface area contributed by atoms with Crippen LogP contribution in [0.5, 0.6) is 0 Å². The van der Waals surface area contributed by atoms with Crippen molar-refractivity contribution in [1.82, 2.24) is 9.91 Å². The smallest absolute Gasteiger partial charge is 0.262 e. The number of hydrazone groups is 1. The Morgan fingerprint density at radius 1 is 1.14 bits per heavy atom. The van der Waals surface area contributed by atoms with Gasteiger partial charge in [-0.2, -0.15) is 5.10 Å². The van der Waals surface area contributed by atoms with E-state index in [1.54, 1.807) is 7.05 Å². The van der Waals surface area contributed by atoms with Crippen molar-refractivity contribution in [2.75, 3.05) is 13.6 Å². The number of amides is 2. The fraction of sp³-hybridized carbons (Fsp3) is 0.348. The van der Waals surface area contributed by atoms with E-state index in [1.165, 1.54) is 9.91 Å². The van der Waals surface area contributed by atoms with Crippen LogP contribution in [0.2, 0.25) is 5.02 Å². The Labute approximate surface area is 176 Å². The molecule has 0 aromatic heterocycles. The van der Waals surface area contributed by atoms with E-state index in [1.807, 2.05) is 55.5 Å². The summed E-state index contributed by atoms with van der Waals surface area (Å²) in [6, 6.07) is 15.5. The first-order valence-electron chi connectivity index (χ1n) is 9.90. The fourth-order valence-corrected chi connectivity index (χ4v) is 3.89. The molecule has 5 nitrogen and oxygen atoms in total. The van der Waals surface area contributed by atoms with Gasteiger partial charge in [-0.25, -0.2) is 5.01 Å². The zero-order valence-electron chi connectivity index (χ0n) is 16.6. The lowest BCUT2D eigenvalue weighted by molar-refractivity contribution is -0.141. The van der Waals surface area contributed by atoms with Crippen molar-refractivity contribution in [3.8, 4) is 0 Å². The van der Waals surface area contributed by atoms with Gasteiger partial charge in [-0.3, -0.25) is 9.59 Å². The maximum absolute atomic E-state index is 13.1. The minimum atomic E-state index is -0.209. The topological polar surface area (TPSA) is 53.0 Å². The molecule has 0 saturated heterocycles. The molecule has 2 aromatic rings. The van der Waals surface area contributed by atoms with Gasteiger partial charge in [0.2, 0.25) is 5.91 Å². The summed E-state index contributed by atoms with van der Waals surface area (Å²) in [5.41, 5.74) is 3.80. The average Bonchev–Trinajstić information content (AvgIpc) is 3.47. The van der Waals surface area contributed by atoms with Crippen LogP contribution >= 0.6 is 11.6 Å². The molecule has 150 valence electrons. The molecule has 1 aliphatic heterocycles. The Bertz CT molecular complexity index is 966. The van der Waals surface area contributed by atoms with Crippen LogP contribution in [0, 0.1) is 12.8 Å². The standard InChI is InChI=1S/C23H24ClN3O2/c1-15-7-9-16(10-8-15)21-13-20(18-5-3-4-6-19(18)24)25-27(21)22(28)14-26(2)23(29)17-11-12-17/h3-10,17,21H,11-14H2,1-2H3/t21-/m1/s1. The molecule has 1 heterocycles. The van der Waals surface area contributed by atoms with Crippen LogP contribution in [0.15, 0.2) is 53.6 Å². The van der Waals surface area contributed by atoms with Crippen LogP contribution < -0.4 is 0 Å². The Hall–Kier alpha value is -2.66. The summed E-state index contributed by atoms with van der Waals surface area (Å²) in [7, 11) is 1.69. The summed E-state index contributed by atoms with van der Waals surface area (Å²) in [5.74, 6) is -0.0599. The molecule has 1 saturated carbocycles. The van der Waals surface area contributed by atoms with Crippen LogP contribution in [0.1, 0.15) is 42.0 Å². The maximum atomic E-state index is 13.1. The van der Waals surface area contributed by atoms with Gasteiger partial charge < -0.3 is 4.90 Å². The van der Waals surface area contributed by atoms with Crippen LogP contribution in [0.25, 0.3) is 0 Å². The van der Waals surface area contributed by atoms with E-state index in [9.17, 15) is 9.59 Å². The largest absolute Gasteiger partial charge is 0.336 e. The highest BCUT2D eigenvalue weighted by Gasteiger charge is 2.36. The number of aryl methyl sites for hydroxylation is 1. The number of nitrogens with zero attached hydrogens (tertiary/aromatic N) is 3. The van der Waals surface area contributed by atoms with E-state index >= 15 is 0 Å². The minimum absolute atomic E-state index is 0.0248. The second-order valence-electron chi connectivity index (χ2n) is 7.86. The van der Waals surface area contributed by atoms with Gasteiger partial charge in [-0.05, 0) is 31.4 Å². The van der Waals surface area contributed by atoms with Gasteiger partial charge in [0.05, 0.1) is 11.8 Å². The van der Waals surface area contributed by atoms with E-state index in [0.717, 1.165) is 35.2 Å². The van der Waals surface area contributed by atoms with Crippen LogP contribution in [0.3, 0.4) is 0 Å².